The Morgan fingerprint density at radius 2 is 2.05 bits per heavy atom. The van der Waals surface area contributed by atoms with Crippen LogP contribution in [0.1, 0.15) is 43.4 Å². The summed E-state index contributed by atoms with van der Waals surface area (Å²) in [5, 5.41) is 6.46. The fraction of sp³-hybridized carbons (Fsp3) is 0.588. The van der Waals surface area contributed by atoms with Gasteiger partial charge in [-0.05, 0) is 61.9 Å². The summed E-state index contributed by atoms with van der Waals surface area (Å²) in [6.07, 6.45) is 3.47. The fourth-order valence-corrected chi connectivity index (χ4v) is 3.55. The van der Waals surface area contributed by atoms with Crippen LogP contribution in [0.3, 0.4) is 0 Å². The first-order chi connectivity index (χ1) is 10.2. The first kappa shape index (κ1) is 14.5. The molecule has 1 saturated heterocycles. The first-order valence-electron chi connectivity index (χ1n) is 7.95. The Morgan fingerprint density at radius 1 is 1.29 bits per heavy atom. The van der Waals surface area contributed by atoms with Gasteiger partial charge in [-0.15, -0.1) is 0 Å². The quantitative estimate of drug-likeness (QED) is 0.879. The Bertz CT molecular complexity index is 526. The van der Waals surface area contributed by atoms with Crippen LogP contribution < -0.4 is 10.6 Å². The lowest BCUT2D eigenvalue weighted by Gasteiger charge is -2.34. The van der Waals surface area contributed by atoms with Crippen molar-refractivity contribution in [1.82, 2.24) is 10.6 Å². The summed E-state index contributed by atoms with van der Waals surface area (Å²) in [4.78, 5) is 12.5. The van der Waals surface area contributed by atoms with Crippen molar-refractivity contribution < 1.29 is 9.18 Å². The van der Waals surface area contributed by atoms with E-state index in [1.807, 2.05) is 6.07 Å². The highest BCUT2D eigenvalue weighted by Gasteiger charge is 2.31. The maximum Gasteiger partial charge on any atom is 0.223 e. The van der Waals surface area contributed by atoms with E-state index in [4.69, 9.17) is 0 Å². The Balaban J connectivity index is 1.78. The molecule has 0 aromatic heterocycles. The maximum atomic E-state index is 13.9. The normalized spacial score (nSPS) is 26.2. The molecule has 2 atom stereocenters. The molecule has 1 aromatic rings. The number of carbonyl (C=O) groups is 1. The Morgan fingerprint density at radius 3 is 2.81 bits per heavy atom. The van der Waals surface area contributed by atoms with E-state index in [-0.39, 0.29) is 23.7 Å². The molecule has 3 nitrogen and oxygen atoms in total. The van der Waals surface area contributed by atoms with E-state index in [1.54, 1.807) is 6.07 Å². The third-order valence-electron chi connectivity index (χ3n) is 4.92. The number of halogens is 1. The number of benzene rings is 1. The third-order valence-corrected chi connectivity index (χ3v) is 4.92. The molecule has 1 heterocycles. The summed E-state index contributed by atoms with van der Waals surface area (Å²) in [5.74, 6) is 0.438. The summed E-state index contributed by atoms with van der Waals surface area (Å²) in [6.45, 7) is 3.95. The van der Waals surface area contributed by atoms with Crippen molar-refractivity contribution in [2.24, 2.45) is 11.8 Å². The van der Waals surface area contributed by atoms with Crippen LogP contribution in [0.25, 0.3) is 0 Å². The van der Waals surface area contributed by atoms with Crippen LogP contribution in [-0.4, -0.2) is 19.0 Å². The van der Waals surface area contributed by atoms with E-state index >= 15 is 0 Å². The van der Waals surface area contributed by atoms with Crippen molar-refractivity contribution >= 4 is 5.91 Å². The molecule has 1 amide bonds. The average molecular weight is 290 g/mol. The summed E-state index contributed by atoms with van der Waals surface area (Å²) in [7, 11) is 0. The minimum Gasteiger partial charge on any atom is -0.349 e. The first-order valence-corrected chi connectivity index (χ1v) is 7.95. The second-order valence-corrected chi connectivity index (χ2v) is 6.33. The maximum absolute atomic E-state index is 13.9. The van der Waals surface area contributed by atoms with E-state index in [0.717, 1.165) is 49.9 Å². The summed E-state index contributed by atoms with van der Waals surface area (Å²) >= 11 is 0. The standard InChI is InChI=1S/C17H23FN2O/c1-11-5-6-13-14(3-2-4-15(13)18)16(11)20-17(21)12-7-9-19-10-8-12/h2-4,11-12,16,19H,5-10H2,1H3,(H,20,21). The molecule has 2 aliphatic rings. The predicted molar refractivity (Wildman–Crippen MR) is 80.4 cm³/mol. The second-order valence-electron chi connectivity index (χ2n) is 6.33. The molecular formula is C17H23FN2O. The minimum atomic E-state index is -0.138. The minimum absolute atomic E-state index is 0.0492. The Hall–Kier alpha value is -1.42. The van der Waals surface area contributed by atoms with Crippen LogP contribution >= 0.6 is 0 Å². The van der Waals surface area contributed by atoms with Gasteiger partial charge in [0.15, 0.2) is 0 Å². The molecule has 4 heteroatoms. The number of piperidine rings is 1. The predicted octanol–water partition coefficient (Wildman–Crippen LogP) is 2.56. The van der Waals surface area contributed by atoms with E-state index in [9.17, 15) is 9.18 Å². The third kappa shape index (κ3) is 2.95. The molecule has 2 unspecified atom stereocenters. The molecule has 114 valence electrons. The van der Waals surface area contributed by atoms with E-state index < -0.39 is 0 Å². The van der Waals surface area contributed by atoms with Gasteiger partial charge in [0.25, 0.3) is 0 Å². The molecular weight excluding hydrogens is 267 g/mol. The van der Waals surface area contributed by atoms with Crippen LogP contribution in [0, 0.1) is 17.7 Å². The van der Waals surface area contributed by atoms with Gasteiger partial charge >= 0.3 is 0 Å². The monoisotopic (exact) mass is 290 g/mol. The number of rotatable bonds is 2. The van der Waals surface area contributed by atoms with Gasteiger partial charge in [0.05, 0.1) is 6.04 Å². The lowest BCUT2D eigenvalue weighted by atomic mass is 9.80. The van der Waals surface area contributed by atoms with Gasteiger partial charge in [-0.2, -0.15) is 0 Å². The van der Waals surface area contributed by atoms with Gasteiger partial charge in [-0.1, -0.05) is 19.1 Å². The summed E-state index contributed by atoms with van der Waals surface area (Å²) in [6, 6.07) is 5.17. The number of fused-ring (bicyclic) bond motifs is 1. The Labute approximate surface area is 125 Å². The molecule has 3 rings (SSSR count). The zero-order chi connectivity index (χ0) is 14.8. The number of hydrogen-bond donors (Lipinski definition) is 2. The fourth-order valence-electron chi connectivity index (χ4n) is 3.55. The van der Waals surface area contributed by atoms with Crippen LogP contribution in [0.15, 0.2) is 18.2 Å². The van der Waals surface area contributed by atoms with E-state index in [0.29, 0.717) is 5.92 Å². The molecule has 1 aromatic carbocycles. The smallest absolute Gasteiger partial charge is 0.223 e. The number of hydrogen-bond acceptors (Lipinski definition) is 2. The van der Waals surface area contributed by atoms with Gasteiger partial charge in [0, 0.05) is 5.92 Å². The van der Waals surface area contributed by atoms with Crippen LogP contribution in [0.2, 0.25) is 0 Å². The molecule has 0 saturated carbocycles. The highest BCUT2D eigenvalue weighted by Crippen LogP contribution is 2.35. The molecule has 1 fully saturated rings. The van der Waals surface area contributed by atoms with Gasteiger partial charge in [0.1, 0.15) is 5.82 Å². The number of carbonyl (C=O) groups excluding carboxylic acids is 1. The van der Waals surface area contributed by atoms with Gasteiger partial charge in [-0.25, -0.2) is 4.39 Å². The van der Waals surface area contributed by atoms with Crippen molar-refractivity contribution in [2.45, 2.75) is 38.6 Å². The highest BCUT2D eigenvalue weighted by atomic mass is 19.1. The summed E-state index contributed by atoms with van der Waals surface area (Å²) in [5.41, 5.74) is 1.75. The van der Waals surface area contributed by atoms with Crippen molar-refractivity contribution in [3.8, 4) is 0 Å². The number of nitrogens with one attached hydrogen (secondary N) is 2. The number of amides is 1. The largest absolute Gasteiger partial charge is 0.349 e. The van der Waals surface area contributed by atoms with E-state index in [1.165, 1.54) is 6.07 Å². The average Bonchev–Trinajstić information content (AvgIpc) is 2.51. The van der Waals surface area contributed by atoms with Crippen LogP contribution in [-0.2, 0) is 11.2 Å². The molecule has 21 heavy (non-hydrogen) atoms. The van der Waals surface area contributed by atoms with Gasteiger partial charge in [-0.3, -0.25) is 4.79 Å². The zero-order valence-corrected chi connectivity index (χ0v) is 12.5. The van der Waals surface area contributed by atoms with Crippen molar-refractivity contribution in [1.29, 1.82) is 0 Å². The van der Waals surface area contributed by atoms with Crippen molar-refractivity contribution in [3.63, 3.8) is 0 Å². The van der Waals surface area contributed by atoms with Gasteiger partial charge < -0.3 is 10.6 Å². The molecule has 0 spiro atoms. The van der Waals surface area contributed by atoms with Crippen molar-refractivity contribution in [3.05, 3.63) is 35.1 Å². The zero-order valence-electron chi connectivity index (χ0n) is 12.5. The summed E-state index contributed by atoms with van der Waals surface area (Å²) < 4.78 is 13.9. The molecule has 0 bridgehead atoms. The molecule has 1 aliphatic heterocycles. The molecule has 2 N–H and O–H groups in total. The van der Waals surface area contributed by atoms with Crippen LogP contribution in [0.5, 0.6) is 0 Å². The molecule has 0 radical (unpaired) electrons. The highest BCUT2D eigenvalue weighted by molar-refractivity contribution is 5.79. The Kier molecular flexibility index (Phi) is 4.24. The van der Waals surface area contributed by atoms with Gasteiger partial charge in [0.2, 0.25) is 5.91 Å². The lowest BCUT2D eigenvalue weighted by molar-refractivity contribution is -0.127. The van der Waals surface area contributed by atoms with Crippen LogP contribution in [0.4, 0.5) is 4.39 Å². The lowest BCUT2D eigenvalue weighted by Crippen LogP contribution is -2.42. The topological polar surface area (TPSA) is 41.1 Å². The van der Waals surface area contributed by atoms with Crippen molar-refractivity contribution in [2.75, 3.05) is 13.1 Å². The van der Waals surface area contributed by atoms with E-state index in [2.05, 4.69) is 17.6 Å². The second kappa shape index (κ2) is 6.14. The SMILES string of the molecule is CC1CCc2c(F)cccc2C1NC(=O)C1CCNCC1. The molecule has 1 aliphatic carbocycles.